The van der Waals surface area contributed by atoms with Crippen molar-refractivity contribution in [2.24, 2.45) is 5.92 Å². The van der Waals surface area contributed by atoms with Gasteiger partial charge in [0.2, 0.25) is 5.91 Å². The van der Waals surface area contributed by atoms with Gasteiger partial charge in [-0.05, 0) is 36.6 Å². The van der Waals surface area contributed by atoms with Crippen LogP contribution in [0.3, 0.4) is 0 Å². The Kier molecular flexibility index (Phi) is 5.65. The first kappa shape index (κ1) is 18.9. The smallest absolute Gasteiger partial charge is 0.271 e. The van der Waals surface area contributed by atoms with Gasteiger partial charge in [0.05, 0.1) is 11.6 Å². The number of hydrogen-bond donors (Lipinski definition) is 2. The van der Waals surface area contributed by atoms with Gasteiger partial charge >= 0.3 is 0 Å². The molecule has 148 valence electrons. The SMILES string of the molecule is O=C(NCc1ccccc1)C1CCCN(C(=O)c2cc(-c3ccccn3)n[nH]2)C1. The van der Waals surface area contributed by atoms with Gasteiger partial charge in [0.25, 0.3) is 5.91 Å². The molecule has 7 nitrogen and oxygen atoms in total. The Morgan fingerprint density at radius 3 is 2.72 bits per heavy atom. The second kappa shape index (κ2) is 8.68. The summed E-state index contributed by atoms with van der Waals surface area (Å²) in [5.74, 6) is -0.347. The van der Waals surface area contributed by atoms with Crippen molar-refractivity contribution in [2.45, 2.75) is 19.4 Å². The van der Waals surface area contributed by atoms with E-state index in [0.29, 0.717) is 36.7 Å². The fraction of sp³-hybridized carbons (Fsp3) is 0.273. The molecule has 0 saturated carbocycles. The number of carbonyl (C=O) groups is 2. The summed E-state index contributed by atoms with van der Waals surface area (Å²) in [5.41, 5.74) is 2.81. The van der Waals surface area contributed by atoms with Gasteiger partial charge in [0, 0.05) is 25.8 Å². The zero-order valence-corrected chi connectivity index (χ0v) is 16.0. The third-order valence-electron chi connectivity index (χ3n) is 5.12. The number of carbonyl (C=O) groups excluding carboxylic acids is 2. The van der Waals surface area contributed by atoms with Crippen LogP contribution in [0.25, 0.3) is 11.4 Å². The minimum absolute atomic E-state index is 0.00913. The van der Waals surface area contributed by atoms with Crippen LogP contribution in [0.15, 0.2) is 60.8 Å². The molecule has 2 aromatic heterocycles. The van der Waals surface area contributed by atoms with Gasteiger partial charge in [-0.2, -0.15) is 5.10 Å². The zero-order chi connectivity index (χ0) is 20.1. The lowest BCUT2D eigenvalue weighted by Crippen LogP contribution is -2.45. The van der Waals surface area contributed by atoms with E-state index in [1.54, 1.807) is 17.2 Å². The number of hydrogen-bond acceptors (Lipinski definition) is 4. The van der Waals surface area contributed by atoms with Crippen molar-refractivity contribution in [1.82, 2.24) is 25.4 Å². The molecule has 4 rings (SSSR count). The lowest BCUT2D eigenvalue weighted by Gasteiger charge is -2.31. The number of aromatic amines is 1. The molecule has 3 heterocycles. The standard InChI is InChI=1S/C22H23N5O2/c28-21(24-14-16-7-2-1-3-8-16)17-9-6-12-27(15-17)22(29)20-13-19(25-26-20)18-10-4-5-11-23-18/h1-5,7-8,10-11,13,17H,6,9,12,14-15H2,(H,24,28)(H,25,26). The summed E-state index contributed by atoms with van der Waals surface area (Å²) in [6.45, 7) is 1.55. The molecule has 2 N–H and O–H groups in total. The summed E-state index contributed by atoms with van der Waals surface area (Å²) < 4.78 is 0. The number of benzene rings is 1. The van der Waals surface area contributed by atoms with Gasteiger partial charge in [-0.25, -0.2) is 0 Å². The van der Waals surface area contributed by atoms with Crippen LogP contribution in [-0.4, -0.2) is 45.0 Å². The minimum Gasteiger partial charge on any atom is -0.352 e. The Bertz CT molecular complexity index is 971. The van der Waals surface area contributed by atoms with Crippen molar-refractivity contribution in [1.29, 1.82) is 0 Å². The maximum absolute atomic E-state index is 12.9. The molecule has 0 bridgehead atoms. The monoisotopic (exact) mass is 389 g/mol. The van der Waals surface area contributed by atoms with Gasteiger partial charge in [-0.15, -0.1) is 0 Å². The molecule has 1 aliphatic heterocycles. The Morgan fingerprint density at radius 2 is 1.93 bits per heavy atom. The largest absolute Gasteiger partial charge is 0.352 e. The first-order valence-corrected chi connectivity index (χ1v) is 9.78. The van der Waals surface area contributed by atoms with Gasteiger partial charge in [0.1, 0.15) is 11.4 Å². The highest BCUT2D eigenvalue weighted by Gasteiger charge is 2.29. The quantitative estimate of drug-likeness (QED) is 0.702. The number of rotatable bonds is 5. The predicted molar refractivity (Wildman–Crippen MR) is 109 cm³/mol. The number of pyridine rings is 1. The molecule has 0 aliphatic carbocycles. The van der Waals surface area contributed by atoms with Gasteiger partial charge in [-0.3, -0.25) is 19.7 Å². The second-order valence-electron chi connectivity index (χ2n) is 7.18. The van der Waals surface area contributed by atoms with E-state index >= 15 is 0 Å². The molecule has 1 fully saturated rings. The van der Waals surface area contributed by atoms with Crippen molar-refractivity contribution < 1.29 is 9.59 Å². The van der Waals surface area contributed by atoms with Crippen LogP contribution in [0.1, 0.15) is 28.9 Å². The molecule has 1 unspecified atom stereocenters. The summed E-state index contributed by atoms with van der Waals surface area (Å²) >= 11 is 0. The summed E-state index contributed by atoms with van der Waals surface area (Å²) in [6.07, 6.45) is 3.28. The Hall–Kier alpha value is -3.48. The summed E-state index contributed by atoms with van der Waals surface area (Å²) in [6, 6.07) is 17.1. The molecular formula is C22H23N5O2. The van der Waals surface area contributed by atoms with Crippen molar-refractivity contribution in [3.05, 3.63) is 72.1 Å². The van der Waals surface area contributed by atoms with Crippen molar-refractivity contribution in [3.63, 3.8) is 0 Å². The van der Waals surface area contributed by atoms with Crippen LogP contribution in [0.2, 0.25) is 0 Å². The topological polar surface area (TPSA) is 91.0 Å². The third-order valence-corrected chi connectivity index (χ3v) is 5.12. The van der Waals surface area contributed by atoms with E-state index in [1.807, 2.05) is 48.5 Å². The van der Waals surface area contributed by atoms with Crippen molar-refractivity contribution >= 4 is 11.8 Å². The van der Waals surface area contributed by atoms with Gasteiger partial charge in [0.15, 0.2) is 0 Å². The minimum atomic E-state index is -0.199. The first-order valence-electron chi connectivity index (χ1n) is 9.78. The average molecular weight is 389 g/mol. The summed E-state index contributed by atoms with van der Waals surface area (Å²) in [7, 11) is 0. The Labute approximate surface area is 169 Å². The average Bonchev–Trinajstić information content (AvgIpc) is 3.29. The normalized spacial score (nSPS) is 16.4. The van der Waals surface area contributed by atoms with Gasteiger partial charge < -0.3 is 10.2 Å². The number of nitrogens with one attached hydrogen (secondary N) is 2. The molecule has 0 radical (unpaired) electrons. The predicted octanol–water partition coefficient (Wildman–Crippen LogP) is 2.64. The zero-order valence-electron chi connectivity index (χ0n) is 16.0. The highest BCUT2D eigenvalue weighted by atomic mass is 16.2. The fourth-order valence-electron chi connectivity index (χ4n) is 3.55. The Balaban J connectivity index is 1.37. The molecule has 0 spiro atoms. The van der Waals surface area contributed by atoms with E-state index in [9.17, 15) is 9.59 Å². The van der Waals surface area contributed by atoms with Crippen LogP contribution in [-0.2, 0) is 11.3 Å². The van der Waals surface area contributed by atoms with E-state index in [2.05, 4.69) is 20.5 Å². The van der Waals surface area contributed by atoms with E-state index < -0.39 is 0 Å². The van der Waals surface area contributed by atoms with E-state index in [0.717, 1.165) is 18.4 Å². The van der Waals surface area contributed by atoms with Crippen molar-refractivity contribution in [2.75, 3.05) is 13.1 Å². The molecule has 2 amide bonds. The third kappa shape index (κ3) is 4.51. The lowest BCUT2D eigenvalue weighted by atomic mass is 9.96. The number of amides is 2. The maximum atomic E-state index is 12.9. The van der Waals surface area contributed by atoms with Crippen LogP contribution in [0.5, 0.6) is 0 Å². The molecule has 7 heteroatoms. The molecular weight excluding hydrogens is 366 g/mol. The van der Waals surface area contributed by atoms with Crippen LogP contribution >= 0.6 is 0 Å². The number of likely N-dealkylation sites (tertiary alicyclic amines) is 1. The molecule has 29 heavy (non-hydrogen) atoms. The molecule has 3 aromatic rings. The van der Waals surface area contributed by atoms with E-state index in [4.69, 9.17) is 0 Å². The maximum Gasteiger partial charge on any atom is 0.271 e. The molecule has 1 saturated heterocycles. The van der Waals surface area contributed by atoms with Crippen LogP contribution < -0.4 is 5.32 Å². The highest BCUT2D eigenvalue weighted by molar-refractivity contribution is 5.93. The molecule has 1 aromatic carbocycles. The van der Waals surface area contributed by atoms with Crippen LogP contribution in [0, 0.1) is 5.92 Å². The number of aromatic nitrogens is 3. The van der Waals surface area contributed by atoms with E-state index in [-0.39, 0.29) is 17.7 Å². The number of piperidine rings is 1. The lowest BCUT2D eigenvalue weighted by molar-refractivity contribution is -0.126. The first-order chi connectivity index (χ1) is 14.2. The number of nitrogens with zero attached hydrogens (tertiary/aromatic N) is 3. The second-order valence-corrected chi connectivity index (χ2v) is 7.18. The highest BCUT2D eigenvalue weighted by Crippen LogP contribution is 2.20. The van der Waals surface area contributed by atoms with E-state index in [1.165, 1.54) is 0 Å². The molecule has 1 aliphatic rings. The summed E-state index contributed by atoms with van der Waals surface area (Å²) in [4.78, 5) is 31.5. The van der Waals surface area contributed by atoms with Crippen LogP contribution in [0.4, 0.5) is 0 Å². The fourth-order valence-corrected chi connectivity index (χ4v) is 3.55. The van der Waals surface area contributed by atoms with Gasteiger partial charge in [-0.1, -0.05) is 36.4 Å². The Morgan fingerprint density at radius 1 is 1.10 bits per heavy atom. The number of H-pyrrole nitrogens is 1. The molecule has 1 atom stereocenters. The van der Waals surface area contributed by atoms with Crippen molar-refractivity contribution in [3.8, 4) is 11.4 Å². The summed E-state index contributed by atoms with van der Waals surface area (Å²) in [5, 5.41) is 10.0.